The lowest BCUT2D eigenvalue weighted by molar-refractivity contribution is -0.116. The van der Waals surface area contributed by atoms with Crippen molar-refractivity contribution in [2.45, 2.75) is 51.5 Å². The predicted molar refractivity (Wildman–Crippen MR) is 99.0 cm³/mol. The molecule has 3 rings (SSSR count). The fourth-order valence-corrected chi connectivity index (χ4v) is 3.85. The fraction of sp³-hybridized carbons (Fsp3) is 0.650. The molecule has 0 spiro atoms. The van der Waals surface area contributed by atoms with Crippen molar-refractivity contribution in [2.24, 2.45) is 5.92 Å². The van der Waals surface area contributed by atoms with Crippen molar-refractivity contribution in [1.29, 1.82) is 0 Å². The summed E-state index contributed by atoms with van der Waals surface area (Å²) in [5, 5.41) is 6.46. The highest BCUT2D eigenvalue weighted by Crippen LogP contribution is 2.19. The average Bonchev–Trinajstić information content (AvgIpc) is 2.62. The largest absolute Gasteiger partial charge is 0.326 e. The minimum absolute atomic E-state index is 0.156. The molecule has 2 fully saturated rings. The molecule has 0 atom stereocenters. The molecular weight excluding hydrogens is 298 g/mol. The lowest BCUT2D eigenvalue weighted by atomic mass is 9.93. The van der Waals surface area contributed by atoms with E-state index < -0.39 is 0 Å². The minimum atomic E-state index is 0.156. The number of piperidine rings is 2. The second-order valence-corrected chi connectivity index (χ2v) is 7.32. The molecule has 2 aliphatic rings. The molecule has 132 valence electrons. The van der Waals surface area contributed by atoms with Gasteiger partial charge in [0.2, 0.25) is 5.91 Å². The molecule has 0 aliphatic carbocycles. The van der Waals surface area contributed by atoms with Gasteiger partial charge in [-0.3, -0.25) is 9.69 Å². The number of benzene rings is 1. The van der Waals surface area contributed by atoms with Crippen LogP contribution in [0.2, 0.25) is 0 Å². The van der Waals surface area contributed by atoms with Gasteiger partial charge in [-0.05, 0) is 81.9 Å². The third-order valence-electron chi connectivity index (χ3n) is 5.30. The summed E-state index contributed by atoms with van der Waals surface area (Å²) in [4.78, 5) is 14.7. The summed E-state index contributed by atoms with van der Waals surface area (Å²) >= 11 is 0. The Labute approximate surface area is 146 Å². The number of nitrogens with one attached hydrogen (secondary N) is 2. The first-order valence-electron chi connectivity index (χ1n) is 9.61. The van der Waals surface area contributed by atoms with Crippen LogP contribution < -0.4 is 10.6 Å². The molecule has 1 aromatic carbocycles. The molecule has 2 heterocycles. The number of carbonyl (C=O) groups is 1. The number of anilines is 1. The molecule has 2 saturated heterocycles. The monoisotopic (exact) mass is 329 g/mol. The van der Waals surface area contributed by atoms with E-state index in [1.54, 1.807) is 0 Å². The van der Waals surface area contributed by atoms with E-state index in [0.717, 1.165) is 31.7 Å². The van der Waals surface area contributed by atoms with E-state index in [1.165, 1.54) is 50.8 Å². The number of likely N-dealkylation sites (tertiary alicyclic amines) is 1. The Bertz CT molecular complexity index is 519. The van der Waals surface area contributed by atoms with Crippen LogP contribution in [-0.2, 0) is 11.3 Å². The van der Waals surface area contributed by atoms with Gasteiger partial charge in [-0.15, -0.1) is 0 Å². The van der Waals surface area contributed by atoms with Crippen molar-refractivity contribution < 1.29 is 4.79 Å². The van der Waals surface area contributed by atoms with Gasteiger partial charge >= 0.3 is 0 Å². The van der Waals surface area contributed by atoms with Gasteiger partial charge in [-0.1, -0.05) is 18.6 Å². The third-order valence-corrected chi connectivity index (χ3v) is 5.30. The molecule has 0 saturated carbocycles. The Morgan fingerprint density at radius 2 is 1.96 bits per heavy atom. The number of carbonyl (C=O) groups excluding carboxylic acids is 1. The Hall–Kier alpha value is -1.39. The van der Waals surface area contributed by atoms with Gasteiger partial charge in [-0.25, -0.2) is 0 Å². The first-order valence-corrected chi connectivity index (χ1v) is 9.61. The maximum absolute atomic E-state index is 12.2. The molecule has 0 radical (unpaired) electrons. The van der Waals surface area contributed by atoms with E-state index in [0.29, 0.717) is 12.3 Å². The second-order valence-electron chi connectivity index (χ2n) is 7.32. The quantitative estimate of drug-likeness (QED) is 0.841. The third kappa shape index (κ3) is 5.60. The number of rotatable bonds is 6. The summed E-state index contributed by atoms with van der Waals surface area (Å²) in [7, 11) is 0. The summed E-state index contributed by atoms with van der Waals surface area (Å²) in [5.74, 6) is 0.867. The predicted octanol–water partition coefficient (Wildman–Crippen LogP) is 3.39. The van der Waals surface area contributed by atoms with Gasteiger partial charge in [0.05, 0.1) is 0 Å². The molecule has 4 heteroatoms. The van der Waals surface area contributed by atoms with Crippen LogP contribution in [0.1, 0.15) is 50.5 Å². The summed E-state index contributed by atoms with van der Waals surface area (Å²) < 4.78 is 0. The molecule has 4 nitrogen and oxygen atoms in total. The van der Waals surface area contributed by atoms with Gasteiger partial charge in [0, 0.05) is 18.7 Å². The fourth-order valence-electron chi connectivity index (χ4n) is 3.85. The van der Waals surface area contributed by atoms with Gasteiger partial charge in [0.1, 0.15) is 0 Å². The van der Waals surface area contributed by atoms with Crippen LogP contribution in [0.3, 0.4) is 0 Å². The SMILES string of the molecule is O=C(CCC1CCNCC1)Nc1cccc(CN2CCCCC2)c1. The number of nitrogens with zero attached hydrogens (tertiary/aromatic N) is 1. The molecule has 1 aromatic rings. The summed E-state index contributed by atoms with van der Waals surface area (Å²) in [6.07, 6.45) is 8.06. The highest BCUT2D eigenvalue weighted by molar-refractivity contribution is 5.90. The van der Waals surface area contributed by atoms with Crippen molar-refractivity contribution in [3.63, 3.8) is 0 Å². The number of hydrogen-bond acceptors (Lipinski definition) is 3. The number of hydrogen-bond donors (Lipinski definition) is 2. The van der Waals surface area contributed by atoms with Crippen molar-refractivity contribution in [2.75, 3.05) is 31.5 Å². The molecule has 2 aliphatic heterocycles. The normalized spacial score (nSPS) is 20.0. The Balaban J connectivity index is 1.45. The maximum Gasteiger partial charge on any atom is 0.224 e. The van der Waals surface area contributed by atoms with Crippen molar-refractivity contribution >= 4 is 11.6 Å². The highest BCUT2D eigenvalue weighted by atomic mass is 16.1. The van der Waals surface area contributed by atoms with Crippen molar-refractivity contribution in [1.82, 2.24) is 10.2 Å². The number of amides is 1. The van der Waals surface area contributed by atoms with Crippen LogP contribution >= 0.6 is 0 Å². The molecule has 0 aromatic heterocycles. The van der Waals surface area contributed by atoms with Crippen LogP contribution in [0, 0.1) is 5.92 Å². The lowest BCUT2D eigenvalue weighted by Gasteiger charge is -2.26. The lowest BCUT2D eigenvalue weighted by Crippen LogP contribution is -2.29. The Morgan fingerprint density at radius 1 is 1.17 bits per heavy atom. The highest BCUT2D eigenvalue weighted by Gasteiger charge is 2.15. The van der Waals surface area contributed by atoms with Crippen LogP contribution in [0.15, 0.2) is 24.3 Å². The van der Waals surface area contributed by atoms with E-state index in [2.05, 4.69) is 33.7 Å². The standard InChI is InChI=1S/C20H31N3O/c24-20(8-7-17-9-11-21-12-10-17)22-19-6-4-5-18(15-19)16-23-13-2-1-3-14-23/h4-6,15,17,21H,1-3,7-14,16H2,(H,22,24). The van der Waals surface area contributed by atoms with Gasteiger partial charge in [-0.2, -0.15) is 0 Å². The van der Waals surface area contributed by atoms with Gasteiger partial charge in [0.25, 0.3) is 0 Å². The van der Waals surface area contributed by atoms with Crippen molar-refractivity contribution in [3.05, 3.63) is 29.8 Å². The van der Waals surface area contributed by atoms with E-state index >= 15 is 0 Å². The zero-order valence-electron chi connectivity index (χ0n) is 14.7. The van der Waals surface area contributed by atoms with Gasteiger partial charge in [0.15, 0.2) is 0 Å². The molecule has 2 N–H and O–H groups in total. The maximum atomic E-state index is 12.2. The molecule has 0 bridgehead atoms. The first kappa shape index (κ1) is 17.4. The first-order chi connectivity index (χ1) is 11.8. The van der Waals surface area contributed by atoms with Crippen molar-refractivity contribution in [3.8, 4) is 0 Å². The summed E-state index contributed by atoms with van der Waals surface area (Å²) in [6, 6.07) is 8.36. The zero-order chi connectivity index (χ0) is 16.6. The van der Waals surface area contributed by atoms with E-state index in [1.807, 2.05) is 6.07 Å². The van der Waals surface area contributed by atoms with E-state index in [9.17, 15) is 4.79 Å². The average molecular weight is 329 g/mol. The van der Waals surface area contributed by atoms with Crippen LogP contribution in [0.4, 0.5) is 5.69 Å². The molecule has 1 amide bonds. The van der Waals surface area contributed by atoms with Crippen LogP contribution in [-0.4, -0.2) is 37.0 Å². The molecular formula is C20H31N3O. The minimum Gasteiger partial charge on any atom is -0.326 e. The molecule has 0 unspecified atom stereocenters. The zero-order valence-corrected chi connectivity index (χ0v) is 14.7. The Kier molecular flexibility index (Phi) is 6.67. The van der Waals surface area contributed by atoms with Crippen LogP contribution in [0.25, 0.3) is 0 Å². The summed E-state index contributed by atoms with van der Waals surface area (Å²) in [6.45, 7) is 5.61. The smallest absolute Gasteiger partial charge is 0.224 e. The van der Waals surface area contributed by atoms with E-state index in [4.69, 9.17) is 0 Å². The Morgan fingerprint density at radius 3 is 2.75 bits per heavy atom. The van der Waals surface area contributed by atoms with E-state index in [-0.39, 0.29) is 5.91 Å². The van der Waals surface area contributed by atoms with Crippen LogP contribution in [0.5, 0.6) is 0 Å². The van der Waals surface area contributed by atoms with Gasteiger partial charge < -0.3 is 10.6 Å². The summed E-state index contributed by atoms with van der Waals surface area (Å²) in [5.41, 5.74) is 2.24. The second kappa shape index (κ2) is 9.19. The molecule has 24 heavy (non-hydrogen) atoms. The topological polar surface area (TPSA) is 44.4 Å².